The zero-order chi connectivity index (χ0) is 20.2. The Balaban J connectivity index is 1.38. The highest BCUT2D eigenvalue weighted by atomic mass is 35.5. The number of benzene rings is 2. The number of halogens is 1. The molecule has 2 heterocycles. The van der Waals surface area contributed by atoms with Crippen LogP contribution < -0.4 is 10.6 Å². The normalized spacial score (nSPS) is 10.8. The van der Waals surface area contributed by atoms with Crippen LogP contribution in [0.4, 0.5) is 10.8 Å². The lowest BCUT2D eigenvalue weighted by Gasteiger charge is -2.05. The van der Waals surface area contributed by atoms with Crippen LogP contribution in [0.2, 0.25) is 5.02 Å². The van der Waals surface area contributed by atoms with Gasteiger partial charge in [0.05, 0.1) is 22.2 Å². The first-order chi connectivity index (χ1) is 14.1. The number of anilines is 2. The Bertz CT molecular complexity index is 1160. The number of amides is 2. The standard InChI is InChI=1S/C20H14ClN3O3S2/c21-12-3-6-14(7-4-12)28-11-18(25)22-13-5-8-15-17(10-13)29-20(23-15)24-19(26)16-2-1-9-27-16/h1-10H,11H2,(H,22,25)(H,23,24,26). The summed E-state index contributed by atoms with van der Waals surface area (Å²) >= 11 is 8.62. The van der Waals surface area contributed by atoms with Gasteiger partial charge in [0.25, 0.3) is 5.91 Å². The molecule has 0 spiro atoms. The number of aromatic nitrogens is 1. The van der Waals surface area contributed by atoms with Gasteiger partial charge in [0.15, 0.2) is 10.9 Å². The first kappa shape index (κ1) is 19.5. The van der Waals surface area contributed by atoms with E-state index >= 15 is 0 Å². The van der Waals surface area contributed by atoms with Gasteiger partial charge in [-0.25, -0.2) is 4.98 Å². The van der Waals surface area contributed by atoms with E-state index in [2.05, 4.69) is 15.6 Å². The van der Waals surface area contributed by atoms with Gasteiger partial charge in [-0.3, -0.25) is 14.9 Å². The average Bonchev–Trinajstić information content (AvgIpc) is 3.37. The number of nitrogens with zero attached hydrogens (tertiary/aromatic N) is 1. The third-order valence-electron chi connectivity index (χ3n) is 3.82. The highest BCUT2D eigenvalue weighted by Crippen LogP contribution is 2.29. The molecule has 146 valence electrons. The summed E-state index contributed by atoms with van der Waals surface area (Å²) in [6.45, 7) is 0. The van der Waals surface area contributed by atoms with E-state index < -0.39 is 0 Å². The smallest absolute Gasteiger partial charge is 0.293 e. The summed E-state index contributed by atoms with van der Waals surface area (Å²) in [5, 5.41) is 6.71. The summed E-state index contributed by atoms with van der Waals surface area (Å²) in [6.07, 6.45) is 1.44. The van der Waals surface area contributed by atoms with E-state index in [4.69, 9.17) is 16.0 Å². The highest BCUT2D eigenvalue weighted by Gasteiger charge is 2.13. The van der Waals surface area contributed by atoms with Crippen molar-refractivity contribution in [3.63, 3.8) is 0 Å². The molecular formula is C20H14ClN3O3S2. The van der Waals surface area contributed by atoms with Gasteiger partial charge < -0.3 is 9.73 Å². The summed E-state index contributed by atoms with van der Waals surface area (Å²) < 4.78 is 5.92. The molecule has 4 rings (SSSR count). The first-order valence-corrected chi connectivity index (χ1v) is 10.7. The molecule has 0 atom stereocenters. The number of carbonyl (C=O) groups is 2. The molecule has 2 aromatic heterocycles. The van der Waals surface area contributed by atoms with Gasteiger partial charge in [-0.2, -0.15) is 0 Å². The predicted molar refractivity (Wildman–Crippen MR) is 117 cm³/mol. The number of carbonyl (C=O) groups excluding carboxylic acids is 2. The summed E-state index contributed by atoms with van der Waals surface area (Å²) in [5.41, 5.74) is 1.41. The minimum Gasteiger partial charge on any atom is -0.459 e. The number of nitrogens with one attached hydrogen (secondary N) is 2. The third-order valence-corrected chi connectivity index (χ3v) is 6.02. The molecule has 6 nitrogen and oxygen atoms in total. The van der Waals surface area contributed by atoms with Crippen molar-refractivity contribution in [2.24, 2.45) is 0 Å². The number of furan rings is 1. The summed E-state index contributed by atoms with van der Waals surface area (Å²) in [7, 11) is 0. The molecule has 0 saturated carbocycles. The quantitative estimate of drug-likeness (QED) is 0.383. The minimum atomic E-state index is -0.359. The predicted octanol–water partition coefficient (Wildman–Crippen LogP) is 5.53. The Labute approximate surface area is 179 Å². The number of fused-ring (bicyclic) bond motifs is 1. The number of rotatable bonds is 6. The second-order valence-electron chi connectivity index (χ2n) is 5.92. The largest absolute Gasteiger partial charge is 0.459 e. The lowest BCUT2D eigenvalue weighted by Crippen LogP contribution is -2.13. The monoisotopic (exact) mass is 443 g/mol. The van der Waals surface area contributed by atoms with Crippen molar-refractivity contribution < 1.29 is 14.0 Å². The lowest BCUT2D eigenvalue weighted by molar-refractivity contribution is -0.113. The number of thiazole rings is 1. The van der Waals surface area contributed by atoms with Crippen molar-refractivity contribution in [1.29, 1.82) is 0 Å². The first-order valence-electron chi connectivity index (χ1n) is 8.50. The van der Waals surface area contributed by atoms with Gasteiger partial charge in [-0.15, -0.1) is 11.8 Å². The van der Waals surface area contributed by atoms with Crippen LogP contribution in [0, 0.1) is 0 Å². The van der Waals surface area contributed by atoms with Gasteiger partial charge in [0.1, 0.15) is 0 Å². The maximum absolute atomic E-state index is 12.2. The van der Waals surface area contributed by atoms with Crippen LogP contribution in [-0.4, -0.2) is 22.6 Å². The Hall–Kier alpha value is -2.81. The number of hydrogen-bond donors (Lipinski definition) is 2. The summed E-state index contributed by atoms with van der Waals surface area (Å²) in [6, 6.07) is 16.0. The van der Waals surface area contributed by atoms with E-state index in [-0.39, 0.29) is 23.3 Å². The Morgan fingerprint density at radius 1 is 1.10 bits per heavy atom. The van der Waals surface area contributed by atoms with Crippen LogP contribution in [0.3, 0.4) is 0 Å². The number of thioether (sulfide) groups is 1. The molecule has 2 aromatic carbocycles. The molecule has 29 heavy (non-hydrogen) atoms. The molecule has 0 aliphatic rings. The minimum absolute atomic E-state index is 0.111. The summed E-state index contributed by atoms with van der Waals surface area (Å²) in [4.78, 5) is 29.7. The molecule has 2 amide bonds. The van der Waals surface area contributed by atoms with E-state index in [1.54, 1.807) is 36.4 Å². The second kappa shape index (κ2) is 8.69. The van der Waals surface area contributed by atoms with E-state index in [9.17, 15) is 9.59 Å². The molecule has 0 aliphatic heterocycles. The SMILES string of the molecule is O=C(CSc1ccc(Cl)cc1)Nc1ccc2nc(NC(=O)c3ccco3)sc2c1. The van der Waals surface area contributed by atoms with Gasteiger partial charge in [-0.1, -0.05) is 22.9 Å². The van der Waals surface area contributed by atoms with Gasteiger partial charge in [0.2, 0.25) is 5.91 Å². The molecular weight excluding hydrogens is 430 g/mol. The molecule has 0 fully saturated rings. The maximum Gasteiger partial charge on any atom is 0.293 e. The highest BCUT2D eigenvalue weighted by molar-refractivity contribution is 8.00. The van der Waals surface area contributed by atoms with Crippen molar-refractivity contribution in [2.75, 3.05) is 16.4 Å². The molecule has 4 aromatic rings. The average molecular weight is 444 g/mol. The van der Waals surface area contributed by atoms with Gasteiger partial charge in [0, 0.05) is 15.6 Å². The maximum atomic E-state index is 12.2. The molecule has 2 N–H and O–H groups in total. The zero-order valence-electron chi connectivity index (χ0n) is 14.8. The fourth-order valence-electron chi connectivity index (χ4n) is 2.50. The van der Waals surface area contributed by atoms with E-state index in [0.717, 1.165) is 15.1 Å². The zero-order valence-corrected chi connectivity index (χ0v) is 17.2. The Kier molecular flexibility index (Phi) is 5.84. The van der Waals surface area contributed by atoms with E-state index in [1.807, 2.05) is 18.2 Å². The third kappa shape index (κ3) is 4.97. The fraction of sp³-hybridized carbons (Fsp3) is 0.0500. The van der Waals surface area contributed by atoms with Gasteiger partial charge in [-0.05, 0) is 54.6 Å². The van der Waals surface area contributed by atoms with Crippen molar-refractivity contribution in [3.8, 4) is 0 Å². The Morgan fingerprint density at radius 2 is 1.93 bits per heavy atom. The lowest BCUT2D eigenvalue weighted by atomic mass is 10.3. The van der Waals surface area contributed by atoms with Crippen molar-refractivity contribution in [3.05, 3.63) is 71.6 Å². The number of hydrogen-bond acceptors (Lipinski definition) is 6. The molecule has 0 bridgehead atoms. The van der Waals surface area contributed by atoms with Crippen LogP contribution in [0.15, 0.2) is 70.2 Å². The van der Waals surface area contributed by atoms with E-state index in [0.29, 0.717) is 15.8 Å². The molecule has 9 heteroatoms. The topological polar surface area (TPSA) is 84.2 Å². The molecule has 0 saturated heterocycles. The van der Waals surface area contributed by atoms with Crippen LogP contribution >= 0.6 is 34.7 Å². The van der Waals surface area contributed by atoms with Crippen LogP contribution in [-0.2, 0) is 4.79 Å². The van der Waals surface area contributed by atoms with E-state index in [1.165, 1.54) is 29.4 Å². The van der Waals surface area contributed by atoms with Gasteiger partial charge >= 0.3 is 0 Å². The van der Waals surface area contributed by atoms with Crippen LogP contribution in [0.1, 0.15) is 10.6 Å². The molecule has 0 unspecified atom stereocenters. The Morgan fingerprint density at radius 3 is 2.69 bits per heavy atom. The van der Waals surface area contributed by atoms with Crippen molar-refractivity contribution >= 4 is 67.5 Å². The van der Waals surface area contributed by atoms with Crippen LogP contribution in [0.5, 0.6) is 0 Å². The second-order valence-corrected chi connectivity index (χ2v) is 8.44. The molecule has 0 radical (unpaired) electrons. The van der Waals surface area contributed by atoms with Crippen LogP contribution in [0.25, 0.3) is 10.2 Å². The van der Waals surface area contributed by atoms with Crippen molar-refractivity contribution in [1.82, 2.24) is 4.98 Å². The fourth-order valence-corrected chi connectivity index (χ4v) is 4.22. The van der Waals surface area contributed by atoms with Crippen molar-refractivity contribution in [2.45, 2.75) is 4.90 Å². The summed E-state index contributed by atoms with van der Waals surface area (Å²) in [5.74, 6) is 0.0321. The molecule has 0 aliphatic carbocycles.